The molecule has 0 amide bonds. The maximum atomic E-state index is 12.1. The standard InChI is InChI=1S/C13H25NO/c1-4-13(9-6-10-14-13)12(15)8-5-7-11(2)3/h11,14H,4-10H2,1-3H3. The Morgan fingerprint density at radius 1 is 1.47 bits per heavy atom. The molecule has 1 atom stereocenters. The molecule has 1 aliphatic rings. The molecule has 2 heteroatoms. The molecule has 2 nitrogen and oxygen atoms in total. The largest absolute Gasteiger partial charge is 0.305 e. The van der Waals surface area contributed by atoms with Gasteiger partial charge in [0.25, 0.3) is 0 Å². The van der Waals surface area contributed by atoms with Gasteiger partial charge in [0.15, 0.2) is 5.78 Å². The van der Waals surface area contributed by atoms with Crippen molar-refractivity contribution in [3.63, 3.8) is 0 Å². The van der Waals surface area contributed by atoms with Gasteiger partial charge in [-0.15, -0.1) is 0 Å². The van der Waals surface area contributed by atoms with Crippen molar-refractivity contribution in [2.24, 2.45) is 5.92 Å². The summed E-state index contributed by atoms with van der Waals surface area (Å²) in [5, 5.41) is 3.41. The summed E-state index contributed by atoms with van der Waals surface area (Å²) in [5.74, 6) is 1.16. The molecule has 0 aliphatic carbocycles. The molecule has 0 aromatic rings. The lowest BCUT2D eigenvalue weighted by Gasteiger charge is -2.26. The van der Waals surface area contributed by atoms with Gasteiger partial charge in [-0.2, -0.15) is 0 Å². The van der Waals surface area contributed by atoms with Crippen LogP contribution >= 0.6 is 0 Å². The Hall–Kier alpha value is -0.370. The highest BCUT2D eigenvalue weighted by Gasteiger charge is 2.37. The third kappa shape index (κ3) is 3.30. The average Bonchev–Trinajstić information content (AvgIpc) is 2.66. The minimum absolute atomic E-state index is 0.156. The summed E-state index contributed by atoms with van der Waals surface area (Å²) >= 11 is 0. The molecule has 1 rings (SSSR count). The molecular formula is C13H25NO. The lowest BCUT2D eigenvalue weighted by Crippen LogP contribution is -2.46. The van der Waals surface area contributed by atoms with Crippen LogP contribution in [0.4, 0.5) is 0 Å². The zero-order valence-corrected chi connectivity index (χ0v) is 10.4. The summed E-state index contributed by atoms with van der Waals surface area (Å²) in [6.45, 7) is 7.57. The first-order chi connectivity index (χ1) is 7.10. The predicted molar refractivity (Wildman–Crippen MR) is 64.0 cm³/mol. The number of Topliss-reactive ketones (excluding diaryl/α,β-unsaturated/α-hetero) is 1. The van der Waals surface area contributed by atoms with E-state index in [1.807, 2.05) is 0 Å². The molecule has 0 aromatic heterocycles. The van der Waals surface area contributed by atoms with Crippen molar-refractivity contribution in [3.05, 3.63) is 0 Å². The van der Waals surface area contributed by atoms with E-state index in [0.29, 0.717) is 11.7 Å². The van der Waals surface area contributed by atoms with Crippen molar-refractivity contribution in [2.75, 3.05) is 6.54 Å². The Labute approximate surface area is 93.8 Å². The second-order valence-electron chi connectivity index (χ2n) is 5.18. The Balaban J connectivity index is 2.37. The highest BCUT2D eigenvalue weighted by Crippen LogP contribution is 2.26. The molecule has 1 unspecified atom stereocenters. The topological polar surface area (TPSA) is 29.1 Å². The highest BCUT2D eigenvalue weighted by molar-refractivity contribution is 5.88. The first-order valence-electron chi connectivity index (χ1n) is 6.39. The number of rotatable bonds is 6. The second-order valence-corrected chi connectivity index (χ2v) is 5.18. The number of nitrogens with one attached hydrogen (secondary N) is 1. The predicted octanol–water partition coefficient (Wildman–Crippen LogP) is 2.91. The van der Waals surface area contributed by atoms with Gasteiger partial charge in [0, 0.05) is 6.42 Å². The van der Waals surface area contributed by atoms with Crippen LogP contribution in [0.5, 0.6) is 0 Å². The fourth-order valence-electron chi connectivity index (χ4n) is 2.45. The van der Waals surface area contributed by atoms with Crippen LogP contribution in [0.3, 0.4) is 0 Å². The van der Waals surface area contributed by atoms with Gasteiger partial charge in [0.2, 0.25) is 0 Å². The lowest BCUT2D eigenvalue weighted by atomic mass is 9.86. The van der Waals surface area contributed by atoms with Crippen molar-refractivity contribution in [2.45, 2.75) is 64.8 Å². The van der Waals surface area contributed by atoms with Crippen LogP contribution in [0.25, 0.3) is 0 Å². The van der Waals surface area contributed by atoms with Crippen LogP contribution in [-0.2, 0) is 4.79 Å². The number of ketones is 1. The third-order valence-corrected chi connectivity index (χ3v) is 3.57. The number of carbonyl (C=O) groups is 1. The normalized spacial score (nSPS) is 26.1. The van der Waals surface area contributed by atoms with Crippen LogP contribution in [0, 0.1) is 5.92 Å². The molecule has 88 valence electrons. The van der Waals surface area contributed by atoms with Gasteiger partial charge in [-0.25, -0.2) is 0 Å². The van der Waals surface area contributed by atoms with E-state index >= 15 is 0 Å². The van der Waals surface area contributed by atoms with Crippen molar-refractivity contribution < 1.29 is 4.79 Å². The summed E-state index contributed by atoms with van der Waals surface area (Å²) in [7, 11) is 0. The molecule has 1 aliphatic heterocycles. The van der Waals surface area contributed by atoms with Gasteiger partial charge in [-0.1, -0.05) is 27.2 Å². The van der Waals surface area contributed by atoms with E-state index in [9.17, 15) is 4.79 Å². The van der Waals surface area contributed by atoms with Gasteiger partial charge in [0.05, 0.1) is 5.54 Å². The van der Waals surface area contributed by atoms with E-state index in [0.717, 1.165) is 38.6 Å². The van der Waals surface area contributed by atoms with Gasteiger partial charge < -0.3 is 5.32 Å². The van der Waals surface area contributed by atoms with Crippen molar-refractivity contribution in [1.82, 2.24) is 5.32 Å². The number of hydrogen-bond donors (Lipinski definition) is 1. The molecule has 0 bridgehead atoms. The monoisotopic (exact) mass is 211 g/mol. The summed E-state index contributed by atoms with van der Waals surface area (Å²) in [4.78, 5) is 12.1. The zero-order valence-electron chi connectivity index (χ0n) is 10.4. The summed E-state index contributed by atoms with van der Waals surface area (Å²) in [6, 6.07) is 0. The van der Waals surface area contributed by atoms with E-state index in [2.05, 4.69) is 26.1 Å². The molecule has 0 radical (unpaired) electrons. The second kappa shape index (κ2) is 5.64. The molecule has 0 saturated carbocycles. The van der Waals surface area contributed by atoms with Crippen LogP contribution < -0.4 is 5.32 Å². The molecule has 0 spiro atoms. The Morgan fingerprint density at radius 3 is 2.67 bits per heavy atom. The molecule has 1 fully saturated rings. The fraction of sp³-hybridized carbons (Fsp3) is 0.923. The van der Waals surface area contributed by atoms with Gasteiger partial charge in [-0.05, 0) is 38.1 Å². The highest BCUT2D eigenvalue weighted by atomic mass is 16.1. The molecular weight excluding hydrogens is 186 g/mol. The molecule has 1 N–H and O–H groups in total. The van der Waals surface area contributed by atoms with Gasteiger partial charge in [0.1, 0.15) is 0 Å². The summed E-state index contributed by atoms with van der Waals surface area (Å²) in [6.07, 6.45) is 6.14. The Kier molecular flexibility index (Phi) is 4.78. The van der Waals surface area contributed by atoms with E-state index in [-0.39, 0.29) is 5.54 Å². The Bertz CT molecular complexity index is 205. The van der Waals surface area contributed by atoms with E-state index in [1.54, 1.807) is 0 Å². The first kappa shape index (κ1) is 12.7. The van der Waals surface area contributed by atoms with Crippen molar-refractivity contribution >= 4 is 5.78 Å². The quantitative estimate of drug-likeness (QED) is 0.732. The van der Waals surface area contributed by atoms with E-state index in [4.69, 9.17) is 0 Å². The van der Waals surface area contributed by atoms with Crippen LogP contribution in [0.1, 0.15) is 59.3 Å². The van der Waals surface area contributed by atoms with Crippen LogP contribution in [-0.4, -0.2) is 17.9 Å². The minimum Gasteiger partial charge on any atom is -0.305 e. The van der Waals surface area contributed by atoms with E-state index in [1.165, 1.54) is 6.42 Å². The lowest BCUT2D eigenvalue weighted by molar-refractivity contribution is -0.125. The smallest absolute Gasteiger partial charge is 0.152 e. The van der Waals surface area contributed by atoms with Crippen molar-refractivity contribution in [1.29, 1.82) is 0 Å². The average molecular weight is 211 g/mol. The number of hydrogen-bond acceptors (Lipinski definition) is 2. The van der Waals surface area contributed by atoms with Crippen molar-refractivity contribution in [3.8, 4) is 0 Å². The molecule has 1 saturated heterocycles. The van der Waals surface area contributed by atoms with Crippen LogP contribution in [0.2, 0.25) is 0 Å². The summed E-state index contributed by atoms with van der Waals surface area (Å²) in [5.41, 5.74) is -0.156. The summed E-state index contributed by atoms with van der Waals surface area (Å²) < 4.78 is 0. The third-order valence-electron chi connectivity index (χ3n) is 3.57. The zero-order chi connectivity index (χ0) is 11.3. The fourth-order valence-corrected chi connectivity index (χ4v) is 2.45. The molecule has 15 heavy (non-hydrogen) atoms. The maximum Gasteiger partial charge on any atom is 0.152 e. The van der Waals surface area contributed by atoms with Crippen LogP contribution in [0.15, 0.2) is 0 Å². The maximum absolute atomic E-state index is 12.1. The first-order valence-corrected chi connectivity index (χ1v) is 6.39. The Morgan fingerprint density at radius 2 is 2.20 bits per heavy atom. The molecule has 1 heterocycles. The molecule has 0 aromatic carbocycles. The number of carbonyl (C=O) groups excluding carboxylic acids is 1. The van der Waals surface area contributed by atoms with E-state index < -0.39 is 0 Å². The van der Waals surface area contributed by atoms with Gasteiger partial charge >= 0.3 is 0 Å². The van der Waals surface area contributed by atoms with Gasteiger partial charge in [-0.3, -0.25) is 4.79 Å². The minimum atomic E-state index is -0.156. The SMILES string of the molecule is CCC1(C(=O)CCCC(C)C)CCCN1.